The largest absolute Gasteiger partial charge is 0.393 e. The average molecular weight is 124 g/mol. The van der Waals surface area contributed by atoms with E-state index in [9.17, 15) is 5.11 Å². The monoisotopic (exact) mass is 124 g/mol. The van der Waals surface area contributed by atoms with Crippen molar-refractivity contribution in [3.63, 3.8) is 0 Å². The van der Waals surface area contributed by atoms with Crippen molar-refractivity contribution in [2.45, 2.75) is 25.4 Å². The van der Waals surface area contributed by atoms with Crippen LogP contribution in [0.2, 0.25) is 0 Å². The fraction of sp³-hybridized carbons (Fsp3) is 0.750. The maximum Gasteiger partial charge on any atom is 0.0577 e. The summed E-state index contributed by atoms with van der Waals surface area (Å²) in [5, 5.41) is 9.36. The Morgan fingerprint density at radius 1 is 1.33 bits per heavy atom. The molecule has 0 bridgehead atoms. The first-order valence-corrected chi connectivity index (χ1v) is 3.72. The van der Waals surface area contributed by atoms with Crippen LogP contribution in [0, 0.1) is 11.8 Å². The van der Waals surface area contributed by atoms with E-state index in [1.54, 1.807) is 0 Å². The predicted octanol–water partition coefficient (Wildman–Crippen LogP) is 1.33. The normalized spacial score (nSPS) is 47.9. The van der Waals surface area contributed by atoms with Gasteiger partial charge in [0.2, 0.25) is 0 Å². The van der Waals surface area contributed by atoms with Crippen LogP contribution in [0.3, 0.4) is 0 Å². The summed E-state index contributed by atoms with van der Waals surface area (Å²) in [5.74, 6) is 1.31. The van der Waals surface area contributed by atoms with Gasteiger partial charge in [0, 0.05) is 0 Å². The lowest BCUT2D eigenvalue weighted by Gasteiger charge is -2.11. The Kier molecular flexibility index (Phi) is 1.12. The molecule has 0 heterocycles. The molecule has 0 aromatic rings. The second-order valence-corrected chi connectivity index (χ2v) is 3.14. The molecule has 0 spiro atoms. The van der Waals surface area contributed by atoms with E-state index in [1.807, 2.05) is 0 Å². The zero-order valence-electron chi connectivity index (χ0n) is 5.46. The number of rotatable bonds is 0. The van der Waals surface area contributed by atoms with Crippen LogP contribution in [-0.4, -0.2) is 11.2 Å². The molecule has 2 aliphatic carbocycles. The number of allylic oxidation sites excluding steroid dienone is 2. The van der Waals surface area contributed by atoms with E-state index in [0.717, 1.165) is 18.8 Å². The van der Waals surface area contributed by atoms with Crippen molar-refractivity contribution >= 4 is 0 Å². The summed E-state index contributed by atoms with van der Waals surface area (Å²) in [6.45, 7) is 0. The van der Waals surface area contributed by atoms with Gasteiger partial charge in [-0.05, 0) is 31.1 Å². The quantitative estimate of drug-likeness (QED) is 0.483. The van der Waals surface area contributed by atoms with E-state index in [-0.39, 0.29) is 6.10 Å². The summed E-state index contributed by atoms with van der Waals surface area (Å²) >= 11 is 0. The molecule has 2 rings (SSSR count). The third kappa shape index (κ3) is 0.715. The molecule has 50 valence electrons. The maximum absolute atomic E-state index is 9.36. The average Bonchev–Trinajstić information content (AvgIpc) is 2.35. The summed E-state index contributed by atoms with van der Waals surface area (Å²) in [7, 11) is 0. The number of hydrogen-bond acceptors (Lipinski definition) is 1. The molecule has 0 amide bonds. The summed E-state index contributed by atoms with van der Waals surface area (Å²) in [4.78, 5) is 0. The summed E-state index contributed by atoms with van der Waals surface area (Å²) in [5.41, 5.74) is 0. The number of aliphatic hydroxyl groups excluding tert-OH is 1. The van der Waals surface area contributed by atoms with Crippen molar-refractivity contribution in [1.82, 2.24) is 0 Å². The number of aliphatic hydroxyl groups is 1. The summed E-state index contributed by atoms with van der Waals surface area (Å²) < 4.78 is 0. The lowest BCUT2D eigenvalue weighted by Crippen LogP contribution is -2.13. The van der Waals surface area contributed by atoms with Gasteiger partial charge >= 0.3 is 0 Å². The van der Waals surface area contributed by atoms with Crippen molar-refractivity contribution in [3.05, 3.63) is 12.2 Å². The lowest BCUT2D eigenvalue weighted by molar-refractivity contribution is 0.129. The maximum atomic E-state index is 9.36. The highest BCUT2D eigenvalue weighted by Gasteiger charge is 2.34. The second-order valence-electron chi connectivity index (χ2n) is 3.14. The first-order valence-electron chi connectivity index (χ1n) is 3.72. The molecule has 9 heavy (non-hydrogen) atoms. The van der Waals surface area contributed by atoms with Gasteiger partial charge in [0.1, 0.15) is 0 Å². The van der Waals surface area contributed by atoms with E-state index >= 15 is 0 Å². The van der Waals surface area contributed by atoms with Gasteiger partial charge in [-0.15, -0.1) is 0 Å². The van der Waals surface area contributed by atoms with Gasteiger partial charge in [0.05, 0.1) is 6.10 Å². The van der Waals surface area contributed by atoms with Crippen molar-refractivity contribution < 1.29 is 5.11 Å². The minimum absolute atomic E-state index is 0.00463. The van der Waals surface area contributed by atoms with Crippen LogP contribution in [0.4, 0.5) is 0 Å². The first-order chi connectivity index (χ1) is 4.38. The Labute approximate surface area is 55.4 Å². The Hall–Kier alpha value is -0.300. The smallest absolute Gasteiger partial charge is 0.0577 e. The molecule has 1 N–H and O–H groups in total. The van der Waals surface area contributed by atoms with Gasteiger partial charge in [0.15, 0.2) is 0 Å². The van der Waals surface area contributed by atoms with Crippen LogP contribution in [0.1, 0.15) is 19.3 Å². The van der Waals surface area contributed by atoms with Gasteiger partial charge in [0.25, 0.3) is 0 Å². The Morgan fingerprint density at radius 2 is 2.22 bits per heavy atom. The number of fused-ring (bicyclic) bond motifs is 1. The third-order valence-corrected chi connectivity index (χ3v) is 2.63. The molecule has 0 unspecified atom stereocenters. The van der Waals surface area contributed by atoms with Gasteiger partial charge in [-0.25, -0.2) is 0 Å². The Morgan fingerprint density at radius 3 is 3.00 bits per heavy atom. The molecule has 2 aliphatic rings. The molecule has 1 fully saturated rings. The SMILES string of the molecule is O[C@@H]1CC[C@@H]2C=CC[C@H]12. The molecular weight excluding hydrogens is 112 g/mol. The van der Waals surface area contributed by atoms with Crippen molar-refractivity contribution in [1.29, 1.82) is 0 Å². The molecule has 0 aliphatic heterocycles. The standard InChI is InChI=1S/C8H12O/c9-8-5-4-6-2-1-3-7(6)8/h1-2,6-9H,3-5H2/t6-,7-,8+/m0/s1. The van der Waals surface area contributed by atoms with E-state index in [4.69, 9.17) is 0 Å². The Balaban J connectivity index is 2.13. The van der Waals surface area contributed by atoms with Gasteiger partial charge in [-0.2, -0.15) is 0 Å². The highest BCUT2D eigenvalue weighted by atomic mass is 16.3. The predicted molar refractivity (Wildman–Crippen MR) is 36.0 cm³/mol. The zero-order chi connectivity index (χ0) is 6.27. The van der Waals surface area contributed by atoms with Crippen LogP contribution in [0.5, 0.6) is 0 Å². The molecule has 0 saturated heterocycles. The van der Waals surface area contributed by atoms with Crippen LogP contribution in [0.25, 0.3) is 0 Å². The van der Waals surface area contributed by atoms with E-state index < -0.39 is 0 Å². The molecule has 1 heteroatoms. The van der Waals surface area contributed by atoms with Crippen molar-refractivity contribution in [2.24, 2.45) is 11.8 Å². The van der Waals surface area contributed by atoms with Crippen LogP contribution >= 0.6 is 0 Å². The molecular formula is C8H12O. The summed E-state index contributed by atoms with van der Waals surface area (Å²) in [6.07, 6.45) is 7.83. The van der Waals surface area contributed by atoms with E-state index in [2.05, 4.69) is 12.2 Å². The van der Waals surface area contributed by atoms with E-state index in [0.29, 0.717) is 5.92 Å². The zero-order valence-corrected chi connectivity index (χ0v) is 5.46. The first kappa shape index (κ1) is 5.48. The second kappa shape index (κ2) is 1.84. The third-order valence-electron chi connectivity index (χ3n) is 2.63. The molecule has 3 atom stereocenters. The topological polar surface area (TPSA) is 20.2 Å². The summed E-state index contributed by atoms with van der Waals surface area (Å²) in [6, 6.07) is 0. The fourth-order valence-corrected chi connectivity index (χ4v) is 2.06. The number of hydrogen-bond donors (Lipinski definition) is 1. The van der Waals surface area contributed by atoms with Crippen molar-refractivity contribution in [2.75, 3.05) is 0 Å². The molecule has 1 nitrogen and oxygen atoms in total. The van der Waals surface area contributed by atoms with Gasteiger partial charge in [-0.1, -0.05) is 12.2 Å². The van der Waals surface area contributed by atoms with E-state index in [1.165, 1.54) is 6.42 Å². The Bertz CT molecular complexity index is 140. The molecule has 0 aromatic heterocycles. The van der Waals surface area contributed by atoms with Crippen LogP contribution in [0.15, 0.2) is 12.2 Å². The highest BCUT2D eigenvalue weighted by Crippen LogP contribution is 2.39. The van der Waals surface area contributed by atoms with Crippen molar-refractivity contribution in [3.8, 4) is 0 Å². The fourth-order valence-electron chi connectivity index (χ4n) is 2.06. The molecule has 1 saturated carbocycles. The molecule has 0 aromatic carbocycles. The van der Waals surface area contributed by atoms with Gasteiger partial charge in [-0.3, -0.25) is 0 Å². The highest BCUT2D eigenvalue weighted by molar-refractivity contribution is 5.06. The minimum Gasteiger partial charge on any atom is -0.393 e. The van der Waals surface area contributed by atoms with Crippen LogP contribution < -0.4 is 0 Å². The molecule has 0 radical (unpaired) electrons. The van der Waals surface area contributed by atoms with Gasteiger partial charge < -0.3 is 5.11 Å². The minimum atomic E-state index is 0.00463. The van der Waals surface area contributed by atoms with Crippen LogP contribution in [-0.2, 0) is 0 Å². The lowest BCUT2D eigenvalue weighted by atomic mass is 9.99.